The first-order valence-electron chi connectivity index (χ1n) is 11.2. The number of nitrogens with zero attached hydrogens (tertiary/aromatic N) is 4. The van der Waals surface area contributed by atoms with Gasteiger partial charge in [0.1, 0.15) is 0 Å². The number of likely N-dealkylation sites (N-methyl/N-ethyl adjacent to an activating group) is 1. The van der Waals surface area contributed by atoms with Gasteiger partial charge in [-0.15, -0.1) is 0 Å². The normalized spacial score (nSPS) is 16.9. The topological polar surface area (TPSA) is 63.9 Å². The van der Waals surface area contributed by atoms with Crippen molar-refractivity contribution in [3.8, 4) is 22.9 Å². The average Bonchev–Trinajstić information content (AvgIpc) is 3.31. The lowest BCUT2D eigenvalue weighted by molar-refractivity contribution is 0.103. The molecule has 1 saturated heterocycles. The van der Waals surface area contributed by atoms with Gasteiger partial charge < -0.3 is 18.9 Å². The van der Waals surface area contributed by atoms with Crippen LogP contribution >= 0.6 is 0 Å². The summed E-state index contributed by atoms with van der Waals surface area (Å²) in [7, 11) is 5.56. The van der Waals surface area contributed by atoms with Crippen LogP contribution < -0.4 is 9.47 Å². The number of likely N-dealkylation sites (tertiary alicyclic amines) is 1. The van der Waals surface area contributed by atoms with Crippen molar-refractivity contribution < 1.29 is 14.0 Å². The highest BCUT2D eigenvalue weighted by molar-refractivity contribution is 5.53. The number of rotatable bonds is 9. The number of benzene rings is 2. The van der Waals surface area contributed by atoms with E-state index in [9.17, 15) is 0 Å². The minimum absolute atomic E-state index is 0.514. The molecule has 2 aromatic carbocycles. The maximum absolute atomic E-state index is 5.53. The molecule has 1 aliphatic heterocycles. The molecule has 0 unspecified atom stereocenters. The van der Waals surface area contributed by atoms with Crippen LogP contribution in [0.2, 0.25) is 0 Å². The van der Waals surface area contributed by atoms with Gasteiger partial charge in [-0.05, 0) is 50.6 Å². The number of hydrogen-bond donors (Lipinski definition) is 0. The van der Waals surface area contributed by atoms with E-state index in [4.69, 9.17) is 14.0 Å². The fourth-order valence-electron chi connectivity index (χ4n) is 4.27. The summed E-state index contributed by atoms with van der Waals surface area (Å²) in [6, 6.07) is 16.6. The van der Waals surface area contributed by atoms with Gasteiger partial charge >= 0.3 is 0 Å². The smallest absolute Gasteiger partial charge is 0.241 e. The quantitative estimate of drug-likeness (QED) is 0.504. The summed E-state index contributed by atoms with van der Waals surface area (Å²) in [5.41, 5.74) is 2.23. The lowest BCUT2D eigenvalue weighted by atomic mass is 10.0. The van der Waals surface area contributed by atoms with Gasteiger partial charge in [0.15, 0.2) is 11.5 Å². The van der Waals surface area contributed by atoms with Gasteiger partial charge in [-0.25, -0.2) is 0 Å². The molecule has 7 nitrogen and oxygen atoms in total. The third kappa shape index (κ3) is 5.47. The summed E-state index contributed by atoms with van der Waals surface area (Å²) in [5, 5.41) is 4.15. The second-order valence-electron chi connectivity index (χ2n) is 8.33. The predicted molar refractivity (Wildman–Crippen MR) is 124 cm³/mol. The molecule has 7 heteroatoms. The molecule has 0 radical (unpaired) electrons. The van der Waals surface area contributed by atoms with Gasteiger partial charge in [0, 0.05) is 24.7 Å². The fraction of sp³-hybridized carbons (Fsp3) is 0.440. The number of aromatic nitrogens is 2. The molecule has 170 valence electrons. The minimum atomic E-state index is 0.514. The molecule has 2 heterocycles. The molecule has 1 atom stereocenters. The van der Waals surface area contributed by atoms with Gasteiger partial charge in [0.25, 0.3) is 0 Å². The molecule has 0 saturated carbocycles. The van der Waals surface area contributed by atoms with E-state index in [2.05, 4.69) is 39.1 Å². The summed E-state index contributed by atoms with van der Waals surface area (Å²) >= 11 is 0. The highest BCUT2D eigenvalue weighted by Crippen LogP contribution is 2.28. The first-order chi connectivity index (χ1) is 15.7. The summed E-state index contributed by atoms with van der Waals surface area (Å²) in [5.74, 6) is 2.88. The van der Waals surface area contributed by atoms with Crippen LogP contribution in [0.25, 0.3) is 11.4 Å². The molecule has 4 rings (SSSR count). The first kappa shape index (κ1) is 22.3. The number of hydrogen-bond acceptors (Lipinski definition) is 7. The van der Waals surface area contributed by atoms with Crippen molar-refractivity contribution >= 4 is 0 Å². The van der Waals surface area contributed by atoms with E-state index < -0.39 is 0 Å². The highest BCUT2D eigenvalue weighted by atomic mass is 16.5. The van der Waals surface area contributed by atoms with Crippen LogP contribution in [0.15, 0.2) is 53.1 Å². The van der Waals surface area contributed by atoms with Crippen molar-refractivity contribution in [1.82, 2.24) is 19.9 Å². The van der Waals surface area contributed by atoms with Crippen molar-refractivity contribution in [3.63, 3.8) is 0 Å². The largest absolute Gasteiger partial charge is 0.493 e. The van der Waals surface area contributed by atoms with E-state index >= 15 is 0 Å². The van der Waals surface area contributed by atoms with Gasteiger partial charge in [-0.2, -0.15) is 4.98 Å². The van der Waals surface area contributed by atoms with Crippen molar-refractivity contribution in [2.75, 3.05) is 40.9 Å². The average molecular weight is 437 g/mol. The zero-order chi connectivity index (χ0) is 22.3. The summed E-state index contributed by atoms with van der Waals surface area (Å²) < 4.78 is 16.3. The molecule has 1 fully saturated rings. The number of methoxy groups -OCH3 is 2. The SMILES string of the molecule is COc1ccc(CCN(C)[C@@H]2CCCN(Cc3nc(-c4ccccc4)no3)C2)cc1OC. The summed E-state index contributed by atoms with van der Waals surface area (Å²) in [6.07, 6.45) is 3.35. The van der Waals surface area contributed by atoms with Gasteiger partial charge in [-0.3, -0.25) is 4.90 Å². The van der Waals surface area contributed by atoms with Crippen LogP contribution in [0.3, 0.4) is 0 Å². The summed E-state index contributed by atoms with van der Waals surface area (Å²) in [4.78, 5) is 9.48. The van der Waals surface area contributed by atoms with Gasteiger partial charge in [0.2, 0.25) is 11.7 Å². The molecule has 0 amide bonds. The predicted octanol–water partition coefficient (Wildman–Crippen LogP) is 3.89. The number of piperidine rings is 1. The second-order valence-corrected chi connectivity index (χ2v) is 8.33. The Balaban J connectivity index is 1.30. The van der Waals surface area contributed by atoms with Crippen molar-refractivity contribution in [2.24, 2.45) is 0 Å². The molecular weight excluding hydrogens is 404 g/mol. The Kier molecular flexibility index (Phi) is 7.39. The zero-order valence-electron chi connectivity index (χ0n) is 19.2. The number of ether oxygens (including phenoxy) is 2. The summed E-state index contributed by atoms with van der Waals surface area (Å²) in [6.45, 7) is 3.75. The molecule has 0 aliphatic carbocycles. The maximum atomic E-state index is 5.53. The van der Waals surface area contributed by atoms with Crippen LogP contribution in [0.4, 0.5) is 0 Å². The Labute approximate surface area is 189 Å². The van der Waals surface area contributed by atoms with Crippen LogP contribution in [-0.2, 0) is 13.0 Å². The Morgan fingerprint density at radius 3 is 2.69 bits per heavy atom. The Morgan fingerprint density at radius 2 is 1.91 bits per heavy atom. The van der Waals surface area contributed by atoms with E-state index in [0.29, 0.717) is 24.3 Å². The van der Waals surface area contributed by atoms with Crippen LogP contribution in [0, 0.1) is 0 Å². The Morgan fingerprint density at radius 1 is 1.09 bits per heavy atom. The lowest BCUT2D eigenvalue weighted by Gasteiger charge is -2.37. The van der Waals surface area contributed by atoms with E-state index in [1.54, 1.807) is 14.2 Å². The van der Waals surface area contributed by atoms with E-state index in [0.717, 1.165) is 43.1 Å². The molecule has 1 aliphatic rings. The van der Waals surface area contributed by atoms with Gasteiger partial charge in [-0.1, -0.05) is 41.6 Å². The standard InChI is InChI=1S/C25H32N4O3/c1-28(15-13-19-11-12-22(30-2)23(16-19)31-3)21-10-7-14-29(17-21)18-24-26-25(27-32-24)20-8-5-4-6-9-20/h4-6,8-9,11-12,16,21H,7,10,13-15,17-18H2,1-3H3/t21-/m1/s1. The fourth-order valence-corrected chi connectivity index (χ4v) is 4.27. The van der Waals surface area contributed by atoms with Crippen molar-refractivity contribution in [2.45, 2.75) is 31.8 Å². The molecule has 1 aromatic heterocycles. The lowest BCUT2D eigenvalue weighted by Crippen LogP contribution is -2.46. The highest BCUT2D eigenvalue weighted by Gasteiger charge is 2.24. The van der Waals surface area contributed by atoms with Crippen LogP contribution in [0.5, 0.6) is 11.5 Å². The zero-order valence-corrected chi connectivity index (χ0v) is 19.2. The monoisotopic (exact) mass is 436 g/mol. The van der Waals surface area contributed by atoms with Crippen LogP contribution in [-0.4, -0.2) is 66.9 Å². The first-order valence-corrected chi connectivity index (χ1v) is 11.2. The molecule has 0 spiro atoms. The Hall–Kier alpha value is -2.90. The minimum Gasteiger partial charge on any atom is -0.493 e. The van der Waals surface area contributed by atoms with Crippen molar-refractivity contribution in [3.05, 3.63) is 60.0 Å². The third-order valence-electron chi connectivity index (χ3n) is 6.16. The Bertz CT molecular complexity index is 992. The van der Waals surface area contributed by atoms with E-state index in [1.165, 1.54) is 18.4 Å². The van der Waals surface area contributed by atoms with Crippen LogP contribution in [0.1, 0.15) is 24.3 Å². The van der Waals surface area contributed by atoms with Gasteiger partial charge in [0.05, 0.1) is 20.8 Å². The molecule has 32 heavy (non-hydrogen) atoms. The molecule has 0 bridgehead atoms. The van der Waals surface area contributed by atoms with E-state index in [-0.39, 0.29) is 0 Å². The maximum Gasteiger partial charge on any atom is 0.241 e. The third-order valence-corrected chi connectivity index (χ3v) is 6.16. The molecule has 0 N–H and O–H groups in total. The second kappa shape index (κ2) is 10.6. The molecule has 3 aromatic rings. The molecular formula is C25H32N4O3. The van der Waals surface area contributed by atoms with E-state index in [1.807, 2.05) is 36.4 Å². The van der Waals surface area contributed by atoms with Crippen molar-refractivity contribution in [1.29, 1.82) is 0 Å².